The number of benzene rings is 2. The molecule has 0 aliphatic heterocycles. The lowest BCUT2D eigenvalue weighted by molar-refractivity contribution is 0.147. The molecule has 1 aliphatic carbocycles. The van der Waals surface area contributed by atoms with Gasteiger partial charge in [-0.15, -0.1) is 5.92 Å². The average molecular weight is 476 g/mol. The Balaban J connectivity index is 1.60. The van der Waals surface area contributed by atoms with Crippen molar-refractivity contribution < 1.29 is 5.11 Å². The van der Waals surface area contributed by atoms with Gasteiger partial charge in [0, 0.05) is 0 Å². The van der Waals surface area contributed by atoms with Crippen LogP contribution in [0.4, 0.5) is 0 Å². The Morgan fingerprint density at radius 2 is 1.94 bits per heavy atom. The van der Waals surface area contributed by atoms with Crippen molar-refractivity contribution in [2.75, 3.05) is 0 Å². The lowest BCUT2D eigenvalue weighted by atomic mass is 9.85. The number of aliphatic hydroxyl groups is 1. The molecular formula is C27H21N7O2. The summed E-state index contributed by atoms with van der Waals surface area (Å²) in [5.41, 5.74) is 4.49. The first-order valence-corrected chi connectivity index (χ1v) is 11.6. The number of aromatic nitrogens is 6. The second kappa shape index (κ2) is 8.49. The predicted molar refractivity (Wildman–Crippen MR) is 133 cm³/mol. The summed E-state index contributed by atoms with van der Waals surface area (Å²) < 4.78 is 5.00. The van der Waals surface area contributed by atoms with E-state index >= 15 is 0 Å². The molecule has 2 atom stereocenters. The van der Waals surface area contributed by atoms with Gasteiger partial charge >= 0.3 is 5.69 Å². The van der Waals surface area contributed by atoms with E-state index in [4.69, 9.17) is 4.98 Å². The van der Waals surface area contributed by atoms with Gasteiger partial charge in [-0.1, -0.05) is 30.2 Å². The minimum Gasteiger partial charge on any atom is -0.388 e. The molecule has 1 N–H and O–H groups in total. The van der Waals surface area contributed by atoms with Crippen LogP contribution in [0, 0.1) is 23.2 Å². The lowest BCUT2D eigenvalue weighted by Crippen LogP contribution is -2.30. The Labute approximate surface area is 205 Å². The standard InChI is InChI=1S/C27H21N7O2/c1-2-3-12-32-23-15-29-26(33-16-30-20-9-8-17(14-28)13-22(20)33)31-25(23)34(27(32)36)21-10-11-24(35)19-7-5-4-6-18(19)21/h4-9,13,15-16,21,24,35H,10-12H2,1H3/t21-,24-/m1/s1. The van der Waals surface area contributed by atoms with E-state index in [-0.39, 0.29) is 18.3 Å². The van der Waals surface area contributed by atoms with E-state index in [9.17, 15) is 15.2 Å². The quantitative estimate of drug-likeness (QED) is 0.401. The monoisotopic (exact) mass is 475 g/mol. The van der Waals surface area contributed by atoms with Crippen LogP contribution in [0.5, 0.6) is 0 Å². The summed E-state index contributed by atoms with van der Waals surface area (Å²) in [6.45, 7) is 1.95. The van der Waals surface area contributed by atoms with Gasteiger partial charge in [0.1, 0.15) is 11.8 Å². The number of nitrogens with zero attached hydrogens (tertiary/aromatic N) is 7. The van der Waals surface area contributed by atoms with Crippen LogP contribution in [0.1, 0.15) is 48.6 Å². The normalized spacial score (nSPS) is 16.9. The number of rotatable bonds is 3. The maximum atomic E-state index is 13.8. The Hall–Kier alpha value is -4.73. The molecule has 9 heteroatoms. The van der Waals surface area contributed by atoms with Crippen molar-refractivity contribution >= 4 is 22.2 Å². The van der Waals surface area contributed by atoms with Crippen molar-refractivity contribution in [1.82, 2.24) is 28.7 Å². The van der Waals surface area contributed by atoms with Crippen molar-refractivity contribution in [1.29, 1.82) is 5.26 Å². The van der Waals surface area contributed by atoms with Crippen LogP contribution in [0.2, 0.25) is 0 Å². The van der Waals surface area contributed by atoms with Crippen molar-refractivity contribution in [2.45, 2.75) is 38.5 Å². The molecule has 0 saturated carbocycles. The Morgan fingerprint density at radius 3 is 2.75 bits per heavy atom. The smallest absolute Gasteiger partial charge is 0.331 e. The molecule has 0 saturated heterocycles. The van der Waals surface area contributed by atoms with Crippen LogP contribution in [-0.4, -0.2) is 33.8 Å². The summed E-state index contributed by atoms with van der Waals surface area (Å²) in [5.74, 6) is 6.17. The zero-order valence-electron chi connectivity index (χ0n) is 19.5. The molecule has 0 radical (unpaired) electrons. The molecule has 0 fully saturated rings. The van der Waals surface area contributed by atoms with Crippen LogP contribution in [0.15, 0.2) is 59.8 Å². The summed E-state index contributed by atoms with van der Waals surface area (Å²) in [6.07, 6.45) is 3.81. The van der Waals surface area contributed by atoms with Crippen molar-refractivity contribution in [2.24, 2.45) is 0 Å². The second-order valence-corrected chi connectivity index (χ2v) is 8.71. The number of nitriles is 1. The molecule has 5 aromatic rings. The Bertz CT molecular complexity index is 1810. The first-order valence-electron chi connectivity index (χ1n) is 11.6. The molecular weight excluding hydrogens is 454 g/mol. The van der Waals surface area contributed by atoms with Gasteiger partial charge in [-0.2, -0.15) is 10.2 Å². The zero-order valence-corrected chi connectivity index (χ0v) is 19.5. The van der Waals surface area contributed by atoms with Crippen LogP contribution in [0.25, 0.3) is 28.1 Å². The highest BCUT2D eigenvalue weighted by atomic mass is 16.3. The molecule has 36 heavy (non-hydrogen) atoms. The van der Waals surface area contributed by atoms with E-state index in [1.165, 1.54) is 0 Å². The van der Waals surface area contributed by atoms with Crippen molar-refractivity contribution in [3.8, 4) is 23.9 Å². The largest absolute Gasteiger partial charge is 0.388 e. The topological polar surface area (TPSA) is 115 Å². The molecule has 0 unspecified atom stereocenters. The number of aliphatic hydroxyl groups excluding tert-OH is 1. The third-order valence-electron chi connectivity index (χ3n) is 6.74. The molecule has 3 aromatic heterocycles. The number of fused-ring (bicyclic) bond motifs is 3. The van der Waals surface area contributed by atoms with Gasteiger partial charge in [-0.3, -0.25) is 13.7 Å². The van der Waals surface area contributed by atoms with E-state index in [0.717, 1.165) is 11.1 Å². The number of hydrogen-bond acceptors (Lipinski definition) is 6. The summed E-state index contributed by atoms with van der Waals surface area (Å²) in [5, 5.41) is 19.9. The van der Waals surface area contributed by atoms with Gasteiger partial charge in [-0.05, 0) is 49.1 Å². The van der Waals surface area contributed by atoms with Gasteiger partial charge < -0.3 is 5.11 Å². The zero-order chi connectivity index (χ0) is 24.8. The highest BCUT2D eigenvalue weighted by molar-refractivity contribution is 5.79. The minimum atomic E-state index is -0.565. The van der Waals surface area contributed by atoms with E-state index in [1.54, 1.807) is 51.3 Å². The molecule has 0 spiro atoms. The first-order chi connectivity index (χ1) is 17.6. The summed E-state index contributed by atoms with van der Waals surface area (Å²) in [7, 11) is 0. The molecule has 1 aliphatic rings. The van der Waals surface area contributed by atoms with Crippen LogP contribution in [0.3, 0.4) is 0 Å². The second-order valence-electron chi connectivity index (χ2n) is 8.71. The average Bonchev–Trinajstić information content (AvgIpc) is 3.45. The molecule has 0 amide bonds. The van der Waals surface area contributed by atoms with Crippen molar-refractivity contribution in [3.05, 3.63) is 82.2 Å². The SMILES string of the molecule is CC#CCn1c(=O)n([C@@H]2CC[C@@H](O)c3ccccc32)c2nc(-n3cnc4ccc(C#N)cc43)ncc21. The third kappa shape index (κ3) is 3.29. The molecule has 6 rings (SSSR count). The summed E-state index contributed by atoms with van der Waals surface area (Å²) in [6, 6.07) is 14.8. The van der Waals surface area contributed by atoms with Gasteiger partial charge in [0.15, 0.2) is 5.65 Å². The van der Waals surface area contributed by atoms with Gasteiger partial charge in [-0.25, -0.2) is 14.8 Å². The first kappa shape index (κ1) is 21.8. The molecule has 9 nitrogen and oxygen atoms in total. The number of imidazole rings is 2. The fourth-order valence-corrected chi connectivity index (χ4v) is 5.01. The van der Waals surface area contributed by atoms with Gasteiger partial charge in [0.05, 0.1) is 47.6 Å². The molecule has 3 heterocycles. The Morgan fingerprint density at radius 1 is 1.11 bits per heavy atom. The Kier molecular flexibility index (Phi) is 5.14. The van der Waals surface area contributed by atoms with E-state index < -0.39 is 6.10 Å². The molecule has 2 aromatic carbocycles. The lowest BCUT2D eigenvalue weighted by Gasteiger charge is -2.29. The van der Waals surface area contributed by atoms with E-state index in [1.807, 2.05) is 24.3 Å². The fourth-order valence-electron chi connectivity index (χ4n) is 5.01. The van der Waals surface area contributed by atoms with E-state index in [0.29, 0.717) is 46.6 Å². The van der Waals surface area contributed by atoms with Crippen LogP contribution >= 0.6 is 0 Å². The number of hydrogen-bond donors (Lipinski definition) is 1. The van der Waals surface area contributed by atoms with Gasteiger partial charge in [0.25, 0.3) is 0 Å². The van der Waals surface area contributed by atoms with Crippen LogP contribution < -0.4 is 5.69 Å². The third-order valence-corrected chi connectivity index (χ3v) is 6.74. The van der Waals surface area contributed by atoms with Crippen LogP contribution in [-0.2, 0) is 6.54 Å². The molecule has 0 bridgehead atoms. The maximum absolute atomic E-state index is 13.8. The van der Waals surface area contributed by atoms with Crippen molar-refractivity contribution in [3.63, 3.8) is 0 Å². The predicted octanol–water partition coefficient (Wildman–Crippen LogP) is 3.24. The highest BCUT2D eigenvalue weighted by Gasteiger charge is 2.31. The molecule has 176 valence electrons. The van der Waals surface area contributed by atoms with Gasteiger partial charge in [0.2, 0.25) is 5.95 Å². The van der Waals surface area contributed by atoms with E-state index in [2.05, 4.69) is 27.9 Å². The highest BCUT2D eigenvalue weighted by Crippen LogP contribution is 2.38. The fraction of sp³-hybridized carbons (Fsp3) is 0.222. The summed E-state index contributed by atoms with van der Waals surface area (Å²) in [4.78, 5) is 27.6. The minimum absolute atomic E-state index is 0.220. The summed E-state index contributed by atoms with van der Waals surface area (Å²) >= 11 is 0. The maximum Gasteiger partial charge on any atom is 0.331 e.